The fourth-order valence-corrected chi connectivity index (χ4v) is 1.56. The Hall–Kier alpha value is -1.80. The number of aliphatic hydroxyl groups is 1. The zero-order chi connectivity index (χ0) is 11.5. The van der Waals surface area contributed by atoms with E-state index in [0.29, 0.717) is 29.5 Å². The molecule has 1 aromatic heterocycles. The zero-order valence-electron chi connectivity index (χ0n) is 8.85. The summed E-state index contributed by atoms with van der Waals surface area (Å²) in [7, 11) is 0. The number of hydrogen-bond acceptors (Lipinski definition) is 5. The van der Waals surface area contributed by atoms with Crippen molar-refractivity contribution in [1.29, 1.82) is 5.26 Å². The van der Waals surface area contributed by atoms with Gasteiger partial charge in [-0.25, -0.2) is 4.98 Å². The van der Waals surface area contributed by atoms with E-state index in [-0.39, 0.29) is 6.10 Å². The molecule has 16 heavy (non-hydrogen) atoms. The van der Waals surface area contributed by atoms with Gasteiger partial charge in [0.2, 0.25) is 0 Å². The molecule has 1 atom stereocenters. The van der Waals surface area contributed by atoms with Crippen LogP contribution >= 0.6 is 0 Å². The van der Waals surface area contributed by atoms with Crippen molar-refractivity contribution in [1.82, 2.24) is 4.98 Å². The lowest BCUT2D eigenvalue weighted by Crippen LogP contribution is -2.22. The minimum Gasteiger partial charge on any atom is -0.395 e. The summed E-state index contributed by atoms with van der Waals surface area (Å²) in [4.78, 5) is 4.04. The van der Waals surface area contributed by atoms with Gasteiger partial charge >= 0.3 is 0 Å². The molecular weight excluding hydrogens is 204 g/mol. The molecule has 5 nitrogen and oxygen atoms in total. The summed E-state index contributed by atoms with van der Waals surface area (Å²) < 4.78 is 0. The summed E-state index contributed by atoms with van der Waals surface area (Å²) in [5.74, 6) is 0.881. The van der Waals surface area contributed by atoms with Crippen LogP contribution in [0, 0.1) is 17.2 Å². The quantitative estimate of drug-likeness (QED) is 0.692. The van der Waals surface area contributed by atoms with Gasteiger partial charge in [0.15, 0.2) is 5.82 Å². The molecule has 0 saturated heterocycles. The molecule has 1 aromatic rings. The van der Waals surface area contributed by atoms with Crippen molar-refractivity contribution >= 4 is 11.5 Å². The van der Waals surface area contributed by atoms with Crippen molar-refractivity contribution in [2.45, 2.75) is 18.9 Å². The number of nitrogens with two attached hydrogens (primary N) is 1. The van der Waals surface area contributed by atoms with Gasteiger partial charge < -0.3 is 16.2 Å². The summed E-state index contributed by atoms with van der Waals surface area (Å²) in [5, 5.41) is 21.4. The average Bonchev–Trinajstić information content (AvgIpc) is 3.11. The number of nitriles is 1. The Labute approximate surface area is 93.9 Å². The van der Waals surface area contributed by atoms with Gasteiger partial charge in [0.05, 0.1) is 17.4 Å². The van der Waals surface area contributed by atoms with Gasteiger partial charge in [-0.05, 0) is 24.8 Å². The van der Waals surface area contributed by atoms with Crippen molar-refractivity contribution in [3.05, 3.63) is 17.8 Å². The molecule has 0 amide bonds. The van der Waals surface area contributed by atoms with Crippen molar-refractivity contribution in [2.24, 2.45) is 5.92 Å². The van der Waals surface area contributed by atoms with Crippen LogP contribution in [-0.2, 0) is 0 Å². The van der Waals surface area contributed by atoms with E-state index in [2.05, 4.69) is 10.3 Å². The van der Waals surface area contributed by atoms with Gasteiger partial charge in [-0.2, -0.15) is 5.26 Å². The van der Waals surface area contributed by atoms with E-state index in [1.807, 2.05) is 6.07 Å². The Kier molecular flexibility index (Phi) is 2.93. The van der Waals surface area contributed by atoms with Gasteiger partial charge in [-0.3, -0.25) is 0 Å². The zero-order valence-corrected chi connectivity index (χ0v) is 8.85. The normalized spacial score (nSPS) is 16.5. The van der Waals surface area contributed by atoms with Crippen LogP contribution in [0.15, 0.2) is 12.3 Å². The van der Waals surface area contributed by atoms with Crippen LogP contribution in [0.25, 0.3) is 0 Å². The Morgan fingerprint density at radius 2 is 2.44 bits per heavy atom. The monoisotopic (exact) mass is 218 g/mol. The average molecular weight is 218 g/mol. The van der Waals surface area contributed by atoms with Gasteiger partial charge in [0, 0.05) is 12.7 Å². The number of nitrogens with zero attached hydrogens (tertiary/aromatic N) is 2. The Morgan fingerprint density at radius 3 is 3.06 bits per heavy atom. The number of nitrogens with one attached hydrogen (secondary N) is 1. The van der Waals surface area contributed by atoms with Gasteiger partial charge in [-0.15, -0.1) is 0 Å². The summed E-state index contributed by atoms with van der Waals surface area (Å²) in [5.41, 5.74) is 6.48. The molecular formula is C11H14N4O. The number of pyridine rings is 1. The molecule has 0 spiro atoms. The topological polar surface area (TPSA) is 95.0 Å². The van der Waals surface area contributed by atoms with Crippen LogP contribution in [0.3, 0.4) is 0 Å². The lowest BCUT2D eigenvalue weighted by Gasteiger charge is -2.12. The summed E-state index contributed by atoms with van der Waals surface area (Å²) in [6, 6.07) is 3.56. The highest BCUT2D eigenvalue weighted by atomic mass is 16.3. The molecule has 0 bridgehead atoms. The van der Waals surface area contributed by atoms with Gasteiger partial charge in [0.25, 0.3) is 0 Å². The van der Waals surface area contributed by atoms with Crippen molar-refractivity contribution in [2.75, 3.05) is 17.6 Å². The third kappa shape index (κ3) is 2.23. The second-order valence-corrected chi connectivity index (χ2v) is 4.02. The van der Waals surface area contributed by atoms with E-state index in [9.17, 15) is 5.11 Å². The first-order chi connectivity index (χ1) is 7.72. The number of nitrogen functional groups attached to an aromatic ring is 1. The van der Waals surface area contributed by atoms with E-state index in [1.54, 1.807) is 6.07 Å². The van der Waals surface area contributed by atoms with Crippen LogP contribution in [-0.4, -0.2) is 22.7 Å². The number of aliphatic hydroxyl groups excluding tert-OH is 1. The van der Waals surface area contributed by atoms with Gasteiger partial charge in [0.1, 0.15) is 6.07 Å². The van der Waals surface area contributed by atoms with Gasteiger partial charge in [-0.1, -0.05) is 0 Å². The molecule has 4 N–H and O–H groups in total. The standard InChI is InChI=1S/C11H14N4O/c12-5-8-3-4-14-11(10(8)13)15-6-9(16)7-1-2-7/h3-4,7,9,16H,1-2,6,13H2,(H,14,15). The number of hydrogen-bond donors (Lipinski definition) is 3. The fraction of sp³-hybridized carbons (Fsp3) is 0.455. The maximum absolute atomic E-state index is 9.67. The number of rotatable bonds is 4. The molecule has 0 radical (unpaired) electrons. The maximum Gasteiger partial charge on any atom is 0.150 e. The predicted molar refractivity (Wildman–Crippen MR) is 60.6 cm³/mol. The smallest absolute Gasteiger partial charge is 0.150 e. The van der Waals surface area contributed by atoms with Crippen LogP contribution in [0.5, 0.6) is 0 Å². The van der Waals surface area contributed by atoms with E-state index >= 15 is 0 Å². The van der Waals surface area contributed by atoms with Crippen LogP contribution in [0.2, 0.25) is 0 Å². The number of anilines is 2. The molecule has 1 saturated carbocycles. The van der Waals surface area contributed by atoms with Crippen LogP contribution in [0.1, 0.15) is 18.4 Å². The largest absolute Gasteiger partial charge is 0.395 e. The fourth-order valence-electron chi connectivity index (χ4n) is 1.56. The first kappa shape index (κ1) is 10.7. The van der Waals surface area contributed by atoms with Crippen molar-refractivity contribution < 1.29 is 5.11 Å². The molecule has 5 heteroatoms. The molecule has 84 valence electrons. The Morgan fingerprint density at radius 1 is 1.69 bits per heavy atom. The molecule has 1 heterocycles. The minimum absolute atomic E-state index is 0.341. The van der Waals surface area contributed by atoms with E-state index < -0.39 is 0 Å². The molecule has 1 aliphatic rings. The molecule has 1 unspecified atom stereocenters. The molecule has 2 rings (SSSR count). The first-order valence-electron chi connectivity index (χ1n) is 5.29. The third-order valence-electron chi connectivity index (χ3n) is 2.76. The molecule has 0 aliphatic heterocycles. The molecule has 0 aromatic carbocycles. The Balaban J connectivity index is 2.01. The summed E-state index contributed by atoms with van der Waals surface area (Å²) in [6.45, 7) is 0.427. The number of aromatic nitrogens is 1. The molecule has 1 fully saturated rings. The van der Waals surface area contributed by atoms with E-state index in [1.165, 1.54) is 6.20 Å². The second-order valence-electron chi connectivity index (χ2n) is 4.02. The van der Waals surface area contributed by atoms with E-state index in [0.717, 1.165) is 12.8 Å². The first-order valence-corrected chi connectivity index (χ1v) is 5.29. The molecule has 1 aliphatic carbocycles. The lowest BCUT2D eigenvalue weighted by atomic mass is 10.2. The SMILES string of the molecule is N#Cc1ccnc(NCC(O)C2CC2)c1N. The maximum atomic E-state index is 9.67. The van der Waals surface area contributed by atoms with E-state index in [4.69, 9.17) is 11.0 Å². The highest BCUT2D eigenvalue weighted by molar-refractivity contribution is 5.68. The minimum atomic E-state index is -0.355. The Bertz CT molecular complexity index is 422. The van der Waals surface area contributed by atoms with Crippen molar-refractivity contribution in [3.63, 3.8) is 0 Å². The van der Waals surface area contributed by atoms with Crippen molar-refractivity contribution in [3.8, 4) is 6.07 Å². The summed E-state index contributed by atoms with van der Waals surface area (Å²) in [6.07, 6.45) is 3.35. The third-order valence-corrected chi connectivity index (χ3v) is 2.76. The van der Waals surface area contributed by atoms with Crippen LogP contribution < -0.4 is 11.1 Å². The summed E-state index contributed by atoms with van der Waals surface area (Å²) >= 11 is 0. The highest BCUT2D eigenvalue weighted by Gasteiger charge is 2.29. The predicted octanol–water partition coefficient (Wildman–Crippen LogP) is 0.718. The highest BCUT2D eigenvalue weighted by Crippen LogP contribution is 2.32. The second kappa shape index (κ2) is 4.37. The lowest BCUT2D eigenvalue weighted by molar-refractivity contribution is 0.164. The van der Waals surface area contributed by atoms with Crippen LogP contribution in [0.4, 0.5) is 11.5 Å².